The fourth-order valence-corrected chi connectivity index (χ4v) is 3.42. The summed E-state index contributed by atoms with van der Waals surface area (Å²) in [6, 6.07) is 14.1. The lowest BCUT2D eigenvalue weighted by Crippen LogP contribution is -2.28. The third-order valence-corrected chi connectivity index (χ3v) is 5.42. The van der Waals surface area contributed by atoms with E-state index in [1.54, 1.807) is 37.4 Å². The minimum Gasteiger partial charge on any atom is -0.493 e. The zero-order chi connectivity index (χ0) is 24.2. The molecule has 9 nitrogen and oxygen atoms in total. The van der Waals surface area contributed by atoms with E-state index in [-0.39, 0.29) is 23.9 Å². The number of carbonyl (C=O) groups excluding carboxylic acids is 1. The topological polar surface area (TPSA) is 108 Å². The first-order valence-electron chi connectivity index (χ1n) is 10.5. The number of aryl methyl sites for hydroxylation is 2. The molecule has 0 aliphatic carbocycles. The highest BCUT2D eigenvalue weighted by Crippen LogP contribution is 2.31. The van der Waals surface area contributed by atoms with Crippen molar-refractivity contribution in [2.45, 2.75) is 20.4 Å². The number of benzene rings is 2. The number of pyridine rings is 1. The number of methoxy groups -OCH3 is 2. The number of ether oxygens (including phenoxy) is 2. The van der Waals surface area contributed by atoms with E-state index in [0.29, 0.717) is 28.6 Å². The highest BCUT2D eigenvalue weighted by atomic mass is 16.5. The van der Waals surface area contributed by atoms with Crippen molar-refractivity contribution in [2.75, 3.05) is 19.5 Å². The van der Waals surface area contributed by atoms with Crippen molar-refractivity contribution in [1.29, 1.82) is 0 Å². The molecule has 4 aromatic rings. The van der Waals surface area contributed by atoms with E-state index in [9.17, 15) is 9.59 Å². The maximum atomic E-state index is 13.0. The summed E-state index contributed by atoms with van der Waals surface area (Å²) in [6.45, 7) is 3.82. The molecule has 1 N–H and O–H groups in total. The van der Waals surface area contributed by atoms with Gasteiger partial charge in [-0.2, -0.15) is 4.98 Å². The Kier molecular flexibility index (Phi) is 6.44. The van der Waals surface area contributed by atoms with Crippen molar-refractivity contribution in [3.8, 4) is 34.3 Å². The van der Waals surface area contributed by atoms with Crippen LogP contribution < -0.4 is 20.3 Å². The number of hydrogen-bond acceptors (Lipinski definition) is 7. The predicted molar refractivity (Wildman–Crippen MR) is 127 cm³/mol. The van der Waals surface area contributed by atoms with Crippen LogP contribution in [0.25, 0.3) is 22.8 Å². The van der Waals surface area contributed by atoms with Gasteiger partial charge in [-0.05, 0) is 67.4 Å². The SMILES string of the molecule is COc1ccc(-c2noc(-c3cccn(CC(=O)Nc4ccc(C)c(C)c4)c3=O)n2)cc1OC. The number of amides is 1. The van der Waals surface area contributed by atoms with Gasteiger partial charge in [-0.15, -0.1) is 0 Å². The molecule has 0 saturated carbocycles. The van der Waals surface area contributed by atoms with E-state index >= 15 is 0 Å². The predicted octanol–water partition coefficient (Wildman–Crippen LogP) is 3.84. The number of nitrogens with zero attached hydrogens (tertiary/aromatic N) is 3. The maximum absolute atomic E-state index is 13.0. The fraction of sp³-hybridized carbons (Fsp3) is 0.200. The highest BCUT2D eigenvalue weighted by molar-refractivity contribution is 5.90. The summed E-state index contributed by atoms with van der Waals surface area (Å²) < 4.78 is 17.2. The Morgan fingerprint density at radius 3 is 2.56 bits per heavy atom. The van der Waals surface area contributed by atoms with Gasteiger partial charge in [0.25, 0.3) is 11.4 Å². The van der Waals surface area contributed by atoms with Crippen LogP contribution in [-0.2, 0) is 11.3 Å². The summed E-state index contributed by atoms with van der Waals surface area (Å²) in [5.74, 6) is 1.11. The molecule has 174 valence electrons. The molecule has 0 aliphatic rings. The van der Waals surface area contributed by atoms with Crippen LogP contribution in [0.3, 0.4) is 0 Å². The third kappa shape index (κ3) is 4.68. The average molecular weight is 460 g/mol. The number of hydrogen-bond donors (Lipinski definition) is 1. The molecule has 0 fully saturated rings. The van der Waals surface area contributed by atoms with Crippen LogP contribution in [0.1, 0.15) is 11.1 Å². The molecule has 2 heterocycles. The average Bonchev–Trinajstić information content (AvgIpc) is 3.32. The Bertz CT molecular complexity index is 1410. The molecule has 34 heavy (non-hydrogen) atoms. The van der Waals surface area contributed by atoms with Crippen molar-refractivity contribution in [1.82, 2.24) is 14.7 Å². The molecule has 2 aromatic carbocycles. The second-order valence-electron chi connectivity index (χ2n) is 7.70. The molecule has 9 heteroatoms. The van der Waals surface area contributed by atoms with Gasteiger partial charge in [0.2, 0.25) is 11.7 Å². The van der Waals surface area contributed by atoms with E-state index in [1.165, 1.54) is 17.9 Å². The zero-order valence-electron chi connectivity index (χ0n) is 19.3. The molecular weight excluding hydrogens is 436 g/mol. The molecule has 0 aliphatic heterocycles. The first kappa shape index (κ1) is 22.8. The number of anilines is 1. The van der Waals surface area contributed by atoms with E-state index in [2.05, 4.69) is 15.5 Å². The van der Waals surface area contributed by atoms with Gasteiger partial charge in [-0.1, -0.05) is 11.2 Å². The smallest absolute Gasteiger partial charge is 0.263 e. The minimum atomic E-state index is -0.416. The van der Waals surface area contributed by atoms with E-state index in [4.69, 9.17) is 14.0 Å². The van der Waals surface area contributed by atoms with Gasteiger partial charge in [0.05, 0.1) is 14.2 Å². The monoisotopic (exact) mass is 460 g/mol. The summed E-state index contributed by atoms with van der Waals surface area (Å²) in [7, 11) is 3.08. The van der Waals surface area contributed by atoms with E-state index < -0.39 is 5.56 Å². The van der Waals surface area contributed by atoms with Crippen molar-refractivity contribution < 1.29 is 18.8 Å². The molecule has 1 amide bonds. The lowest BCUT2D eigenvalue weighted by atomic mass is 10.1. The van der Waals surface area contributed by atoms with Crippen LogP contribution in [0.2, 0.25) is 0 Å². The fourth-order valence-electron chi connectivity index (χ4n) is 3.42. The summed E-state index contributed by atoms with van der Waals surface area (Å²) >= 11 is 0. The lowest BCUT2D eigenvalue weighted by molar-refractivity contribution is -0.116. The van der Waals surface area contributed by atoms with Crippen molar-refractivity contribution in [3.63, 3.8) is 0 Å². The van der Waals surface area contributed by atoms with Crippen LogP contribution in [0.4, 0.5) is 5.69 Å². The van der Waals surface area contributed by atoms with E-state index in [0.717, 1.165) is 11.1 Å². The quantitative estimate of drug-likeness (QED) is 0.446. The number of nitrogens with one attached hydrogen (secondary N) is 1. The molecule has 0 radical (unpaired) electrons. The van der Waals surface area contributed by atoms with Gasteiger partial charge in [-0.3, -0.25) is 9.59 Å². The number of carbonyl (C=O) groups is 1. The first-order chi connectivity index (χ1) is 16.4. The molecular formula is C25H24N4O5. The van der Waals surface area contributed by atoms with Gasteiger partial charge in [0.15, 0.2) is 11.5 Å². The van der Waals surface area contributed by atoms with Crippen LogP contribution in [0, 0.1) is 13.8 Å². The Morgan fingerprint density at radius 1 is 1.03 bits per heavy atom. The summed E-state index contributed by atoms with van der Waals surface area (Å²) in [5, 5.41) is 6.81. The lowest BCUT2D eigenvalue weighted by Gasteiger charge is -2.09. The minimum absolute atomic E-state index is 0.0544. The highest BCUT2D eigenvalue weighted by Gasteiger charge is 2.17. The van der Waals surface area contributed by atoms with Gasteiger partial charge in [0.1, 0.15) is 12.1 Å². The van der Waals surface area contributed by atoms with Crippen molar-refractivity contribution in [3.05, 3.63) is 76.2 Å². The van der Waals surface area contributed by atoms with Crippen LogP contribution in [-0.4, -0.2) is 34.8 Å². The van der Waals surface area contributed by atoms with Crippen molar-refractivity contribution in [2.24, 2.45) is 0 Å². The number of aromatic nitrogens is 3. The molecule has 0 bridgehead atoms. The molecule has 0 spiro atoms. The summed E-state index contributed by atoms with van der Waals surface area (Å²) in [6.07, 6.45) is 1.54. The summed E-state index contributed by atoms with van der Waals surface area (Å²) in [4.78, 5) is 29.9. The number of rotatable bonds is 7. The largest absolute Gasteiger partial charge is 0.493 e. The Morgan fingerprint density at radius 2 is 1.82 bits per heavy atom. The Labute approximate surface area is 196 Å². The second-order valence-corrected chi connectivity index (χ2v) is 7.70. The normalized spacial score (nSPS) is 10.7. The molecule has 0 saturated heterocycles. The second kappa shape index (κ2) is 9.62. The first-order valence-corrected chi connectivity index (χ1v) is 10.5. The van der Waals surface area contributed by atoms with Gasteiger partial charge in [0, 0.05) is 17.4 Å². The van der Waals surface area contributed by atoms with Crippen molar-refractivity contribution >= 4 is 11.6 Å². The summed E-state index contributed by atoms with van der Waals surface area (Å²) in [5.41, 5.74) is 3.29. The van der Waals surface area contributed by atoms with Crippen LogP contribution in [0.15, 0.2) is 64.0 Å². The van der Waals surface area contributed by atoms with Gasteiger partial charge in [-0.25, -0.2) is 0 Å². The van der Waals surface area contributed by atoms with Gasteiger partial charge >= 0.3 is 0 Å². The Hall–Kier alpha value is -4.40. The third-order valence-electron chi connectivity index (χ3n) is 5.42. The van der Waals surface area contributed by atoms with Crippen LogP contribution >= 0.6 is 0 Å². The van der Waals surface area contributed by atoms with Crippen LogP contribution in [0.5, 0.6) is 11.5 Å². The Balaban J connectivity index is 1.55. The zero-order valence-corrected chi connectivity index (χ0v) is 19.3. The standard InChI is InChI=1S/C25H24N4O5/c1-15-7-9-18(12-16(15)2)26-22(30)14-29-11-5-6-19(25(29)31)24-27-23(28-34-24)17-8-10-20(32-3)21(13-17)33-4/h5-13H,14H2,1-4H3,(H,26,30). The molecule has 4 rings (SSSR count). The van der Waals surface area contributed by atoms with Gasteiger partial charge < -0.3 is 23.9 Å². The van der Waals surface area contributed by atoms with E-state index in [1.807, 2.05) is 32.0 Å². The molecule has 0 unspecified atom stereocenters. The molecule has 0 atom stereocenters. The molecule has 2 aromatic heterocycles. The maximum Gasteiger partial charge on any atom is 0.263 e.